The van der Waals surface area contributed by atoms with Crippen molar-refractivity contribution in [2.45, 2.75) is 70.9 Å². The van der Waals surface area contributed by atoms with E-state index in [1.54, 1.807) is 24.3 Å². The Hall–Kier alpha value is -6.38. The summed E-state index contributed by atoms with van der Waals surface area (Å²) in [7, 11) is 0. The Bertz CT molecular complexity index is 2580. The van der Waals surface area contributed by atoms with Crippen LogP contribution in [-0.2, 0) is 42.2 Å². The third kappa shape index (κ3) is 8.07. The second-order valence-corrected chi connectivity index (χ2v) is 17.0. The van der Waals surface area contributed by atoms with Crippen LogP contribution in [0.5, 0.6) is 0 Å². The van der Waals surface area contributed by atoms with E-state index in [0.29, 0.717) is 45.2 Å². The molecule has 0 bridgehead atoms. The molecule has 62 heavy (non-hydrogen) atoms. The lowest BCUT2D eigenvalue weighted by atomic mass is 9.96. The number of carbonyl (C=O) groups excluding carboxylic acids is 2. The molecule has 10 rings (SSSR count). The molecule has 1 unspecified atom stereocenters. The number of nitrogens with one attached hydrogen (secondary N) is 4. The van der Waals surface area contributed by atoms with E-state index in [1.807, 2.05) is 21.9 Å². The van der Waals surface area contributed by atoms with Crippen molar-refractivity contribution in [2.24, 2.45) is 5.92 Å². The second-order valence-electron chi connectivity index (χ2n) is 17.0. The normalized spacial score (nSPS) is 19.6. The summed E-state index contributed by atoms with van der Waals surface area (Å²) < 4.78 is 32.1. The molecule has 2 aromatic heterocycles. The summed E-state index contributed by atoms with van der Waals surface area (Å²) in [5.74, 6) is 3.12. The highest BCUT2D eigenvalue weighted by Gasteiger charge is 2.36. The minimum absolute atomic E-state index is 0.0847. The molecule has 4 aliphatic rings. The Balaban J connectivity index is 0.796. The highest BCUT2D eigenvalue weighted by atomic mass is 19.1. The maximum atomic E-state index is 14.0. The minimum atomic E-state index is -0.310. The molecule has 0 spiro atoms. The quantitative estimate of drug-likeness (QED) is 0.115. The van der Waals surface area contributed by atoms with E-state index in [2.05, 4.69) is 73.7 Å². The van der Waals surface area contributed by atoms with Crippen molar-refractivity contribution in [2.75, 3.05) is 36.8 Å². The predicted molar refractivity (Wildman–Crippen MR) is 235 cm³/mol. The van der Waals surface area contributed by atoms with E-state index in [9.17, 15) is 18.4 Å². The number of aromatic nitrogens is 4. The standard InChI is InChI=1S/C48H50F2N10O2/c1-30-4-16-37(17-5-30)53-45-43(33-8-12-35(49)13-9-33)56-42-29-58(22-24-60(42)45)48(62)40-26-32(27-52-40)25-31-6-18-38(19-7-31)54-46-44(34-10-14-36(50)15-11-34)55-41-28-57(21-23-59(41)46)47(61)39-3-2-20-51-39/h4-19,32,39-40,51-54H,2-3,20-29H2,1H3/t32?,39-,40+/m0/s1. The van der Waals surface area contributed by atoms with Gasteiger partial charge < -0.3 is 40.2 Å². The first-order chi connectivity index (χ1) is 30.2. The lowest BCUT2D eigenvalue weighted by Crippen LogP contribution is -2.46. The van der Waals surface area contributed by atoms with Gasteiger partial charge in [0.05, 0.1) is 25.2 Å². The Morgan fingerprint density at radius 3 is 1.69 bits per heavy atom. The summed E-state index contributed by atoms with van der Waals surface area (Å²) in [4.78, 5) is 41.1. The molecule has 2 fully saturated rings. The first kappa shape index (κ1) is 39.7. The lowest BCUT2D eigenvalue weighted by molar-refractivity contribution is -0.135. The fraction of sp³-hybridized carbons (Fsp3) is 0.333. The van der Waals surface area contributed by atoms with Gasteiger partial charge in [-0.05, 0) is 130 Å². The first-order valence-corrected chi connectivity index (χ1v) is 21.7. The predicted octanol–water partition coefficient (Wildman–Crippen LogP) is 7.14. The zero-order valence-corrected chi connectivity index (χ0v) is 34.7. The van der Waals surface area contributed by atoms with Crippen molar-refractivity contribution in [1.82, 2.24) is 39.5 Å². The highest BCUT2D eigenvalue weighted by Crippen LogP contribution is 2.36. The number of anilines is 4. The van der Waals surface area contributed by atoms with E-state index < -0.39 is 0 Å². The summed E-state index contributed by atoms with van der Waals surface area (Å²) in [6.45, 7) is 6.79. The van der Waals surface area contributed by atoms with Gasteiger partial charge in [-0.1, -0.05) is 29.8 Å². The van der Waals surface area contributed by atoms with E-state index in [1.165, 1.54) is 29.8 Å². The van der Waals surface area contributed by atoms with Crippen molar-refractivity contribution in [3.8, 4) is 22.5 Å². The van der Waals surface area contributed by atoms with Gasteiger partial charge in [0, 0.05) is 48.7 Å². The molecule has 0 saturated carbocycles. The second kappa shape index (κ2) is 16.8. The third-order valence-electron chi connectivity index (χ3n) is 12.7. The molecule has 14 heteroatoms. The number of fused-ring (bicyclic) bond motifs is 2. The summed E-state index contributed by atoms with van der Waals surface area (Å²) >= 11 is 0. The summed E-state index contributed by atoms with van der Waals surface area (Å²) in [6, 6.07) is 28.9. The summed E-state index contributed by atoms with van der Waals surface area (Å²) in [5.41, 5.74) is 7.22. The van der Waals surface area contributed by atoms with Crippen LogP contribution in [0.3, 0.4) is 0 Å². The largest absolute Gasteiger partial charge is 0.340 e. The van der Waals surface area contributed by atoms with Crippen LogP contribution in [0.4, 0.5) is 31.8 Å². The molecule has 12 nitrogen and oxygen atoms in total. The van der Waals surface area contributed by atoms with Crippen LogP contribution in [-0.4, -0.2) is 79.0 Å². The monoisotopic (exact) mass is 836 g/mol. The van der Waals surface area contributed by atoms with Gasteiger partial charge in [-0.15, -0.1) is 0 Å². The number of amides is 2. The SMILES string of the molecule is Cc1ccc(Nc2c(-c3ccc(F)cc3)nc3n2CCN(C(=O)[C@H]2CC(Cc4ccc(Nc5c(-c6ccc(F)cc6)nc6n5CCN(C(=O)[C@@H]5CCCN5)C6)cc4)CN2)C3)cc1. The molecule has 4 N–H and O–H groups in total. The zero-order valence-electron chi connectivity index (χ0n) is 34.7. The van der Waals surface area contributed by atoms with Gasteiger partial charge >= 0.3 is 0 Å². The number of rotatable bonds is 10. The number of carbonyl (C=O) groups is 2. The van der Waals surface area contributed by atoms with Gasteiger partial charge in [0.1, 0.15) is 46.3 Å². The Kier molecular flexibility index (Phi) is 10.8. The Morgan fingerprint density at radius 1 is 0.661 bits per heavy atom. The Morgan fingerprint density at radius 2 is 1.18 bits per heavy atom. The van der Waals surface area contributed by atoms with Crippen molar-refractivity contribution in [3.63, 3.8) is 0 Å². The maximum Gasteiger partial charge on any atom is 0.240 e. The molecule has 4 aromatic carbocycles. The topological polar surface area (TPSA) is 124 Å². The third-order valence-corrected chi connectivity index (χ3v) is 12.7. The lowest BCUT2D eigenvalue weighted by Gasteiger charge is -2.30. The number of hydrogen-bond acceptors (Lipinski definition) is 8. The number of imidazole rings is 2. The smallest absolute Gasteiger partial charge is 0.240 e. The number of aryl methyl sites for hydroxylation is 1. The fourth-order valence-electron chi connectivity index (χ4n) is 9.37. The molecule has 4 aliphatic heterocycles. The molecule has 6 aromatic rings. The summed E-state index contributed by atoms with van der Waals surface area (Å²) in [5, 5.41) is 14.0. The van der Waals surface area contributed by atoms with E-state index in [0.717, 1.165) is 102 Å². The highest BCUT2D eigenvalue weighted by molar-refractivity contribution is 5.84. The van der Waals surface area contributed by atoms with Crippen LogP contribution in [0.15, 0.2) is 97.1 Å². The van der Waals surface area contributed by atoms with Crippen molar-refractivity contribution < 1.29 is 18.4 Å². The van der Waals surface area contributed by atoms with Gasteiger partial charge in [-0.25, -0.2) is 18.7 Å². The fourth-order valence-corrected chi connectivity index (χ4v) is 9.37. The van der Waals surface area contributed by atoms with E-state index in [-0.39, 0.29) is 35.5 Å². The maximum absolute atomic E-state index is 14.0. The average Bonchev–Trinajstić information content (AvgIpc) is 4.12. The molecule has 0 radical (unpaired) electrons. The number of hydrogen-bond donors (Lipinski definition) is 4. The van der Waals surface area contributed by atoms with E-state index in [4.69, 9.17) is 9.97 Å². The molecule has 6 heterocycles. The van der Waals surface area contributed by atoms with Gasteiger partial charge in [-0.3, -0.25) is 9.59 Å². The molecule has 0 aliphatic carbocycles. The van der Waals surface area contributed by atoms with Gasteiger partial charge in [0.15, 0.2) is 0 Å². The molecular weight excluding hydrogens is 787 g/mol. The molecule has 2 amide bonds. The van der Waals surface area contributed by atoms with Gasteiger partial charge in [-0.2, -0.15) is 0 Å². The van der Waals surface area contributed by atoms with Crippen LogP contribution < -0.4 is 21.3 Å². The van der Waals surface area contributed by atoms with Gasteiger partial charge in [0.25, 0.3) is 0 Å². The van der Waals surface area contributed by atoms with Crippen molar-refractivity contribution in [3.05, 3.63) is 131 Å². The average molecular weight is 837 g/mol. The number of nitrogens with zero attached hydrogens (tertiary/aromatic N) is 6. The van der Waals surface area contributed by atoms with E-state index >= 15 is 0 Å². The summed E-state index contributed by atoms with van der Waals surface area (Å²) in [6.07, 6.45) is 3.43. The molecule has 2 saturated heterocycles. The minimum Gasteiger partial charge on any atom is -0.340 e. The number of halogens is 2. The number of benzene rings is 4. The Labute approximate surface area is 359 Å². The van der Waals surface area contributed by atoms with Crippen molar-refractivity contribution in [1.29, 1.82) is 0 Å². The molecule has 3 atom stereocenters. The van der Waals surface area contributed by atoms with Crippen molar-refractivity contribution >= 4 is 34.8 Å². The van der Waals surface area contributed by atoms with Crippen LogP contribution in [0.1, 0.15) is 42.0 Å². The van der Waals surface area contributed by atoms with Crippen LogP contribution in [0.2, 0.25) is 0 Å². The molecule has 318 valence electrons. The first-order valence-electron chi connectivity index (χ1n) is 21.7. The zero-order chi connectivity index (χ0) is 42.3. The van der Waals surface area contributed by atoms with Crippen LogP contribution in [0.25, 0.3) is 22.5 Å². The van der Waals surface area contributed by atoms with Crippen LogP contribution >= 0.6 is 0 Å². The molecular formula is C48H50F2N10O2. The van der Waals surface area contributed by atoms with Crippen LogP contribution in [0, 0.1) is 24.5 Å². The van der Waals surface area contributed by atoms with Gasteiger partial charge in [0.2, 0.25) is 11.8 Å².